The molecule has 0 aliphatic carbocycles. The van der Waals surface area contributed by atoms with Crippen LogP contribution in [0.3, 0.4) is 0 Å². The fourth-order valence-electron chi connectivity index (χ4n) is 2.83. The van der Waals surface area contributed by atoms with Gasteiger partial charge in [0.05, 0.1) is 6.54 Å². The van der Waals surface area contributed by atoms with Crippen LogP contribution in [0.1, 0.15) is 38.2 Å². The maximum atomic E-state index is 12.0. The number of anilines is 1. The highest BCUT2D eigenvalue weighted by atomic mass is 16.2. The van der Waals surface area contributed by atoms with Crippen molar-refractivity contribution in [2.75, 3.05) is 50.7 Å². The van der Waals surface area contributed by atoms with E-state index in [2.05, 4.69) is 44.2 Å². The molecule has 1 aromatic heterocycles. The molecule has 1 aliphatic rings. The minimum Gasteiger partial charge on any atom is -0.355 e. The number of carbonyl (C=O) groups is 2. The predicted octanol–water partition coefficient (Wildman–Crippen LogP) is 0.283. The van der Waals surface area contributed by atoms with Gasteiger partial charge in [-0.2, -0.15) is 0 Å². The minimum absolute atomic E-state index is 0.0104. The van der Waals surface area contributed by atoms with E-state index in [1.807, 2.05) is 13.0 Å². The molecule has 0 radical (unpaired) electrons. The van der Waals surface area contributed by atoms with Crippen LogP contribution >= 0.6 is 0 Å². The van der Waals surface area contributed by atoms with Gasteiger partial charge in [0, 0.05) is 63.9 Å². The van der Waals surface area contributed by atoms with Crippen molar-refractivity contribution in [1.82, 2.24) is 25.5 Å². The molecule has 2 amide bonds. The summed E-state index contributed by atoms with van der Waals surface area (Å²) < 4.78 is 0. The van der Waals surface area contributed by atoms with Crippen LogP contribution in [0.5, 0.6) is 0 Å². The number of nitrogens with zero attached hydrogens (tertiary/aromatic N) is 4. The Hall–Kier alpha value is -2.22. The molecule has 0 saturated carbocycles. The number of aryl methyl sites for hydroxylation is 1. The number of aromatic nitrogens is 2. The molecule has 0 unspecified atom stereocenters. The molecule has 0 atom stereocenters. The Balaban J connectivity index is 1.78. The number of piperazine rings is 1. The lowest BCUT2D eigenvalue weighted by Crippen LogP contribution is -2.50. The molecule has 2 N–H and O–H groups in total. The van der Waals surface area contributed by atoms with Crippen molar-refractivity contribution in [1.29, 1.82) is 0 Å². The second-order valence-electron chi connectivity index (χ2n) is 6.98. The number of hydrogen-bond donors (Lipinski definition) is 2. The summed E-state index contributed by atoms with van der Waals surface area (Å²) in [6.45, 7) is 12.3. The van der Waals surface area contributed by atoms with Crippen molar-refractivity contribution >= 4 is 17.6 Å². The third-order valence-electron chi connectivity index (χ3n) is 4.26. The zero-order chi connectivity index (χ0) is 19.1. The van der Waals surface area contributed by atoms with Crippen LogP contribution in [-0.4, -0.2) is 72.5 Å². The molecule has 8 nitrogen and oxygen atoms in total. The van der Waals surface area contributed by atoms with Gasteiger partial charge >= 0.3 is 0 Å². The third kappa shape index (κ3) is 6.25. The molecule has 0 aromatic carbocycles. The molecule has 8 heteroatoms. The number of nitrogens with one attached hydrogen (secondary N) is 2. The second-order valence-corrected chi connectivity index (χ2v) is 6.98. The normalized spacial score (nSPS) is 15.2. The molecule has 26 heavy (non-hydrogen) atoms. The van der Waals surface area contributed by atoms with Crippen LogP contribution in [0.4, 0.5) is 5.82 Å². The molecule has 144 valence electrons. The molecule has 2 rings (SSSR count). The first-order valence-corrected chi connectivity index (χ1v) is 9.19. The highest BCUT2D eigenvalue weighted by Crippen LogP contribution is 2.18. The third-order valence-corrected chi connectivity index (χ3v) is 4.26. The van der Waals surface area contributed by atoms with Gasteiger partial charge in [-0.1, -0.05) is 13.8 Å². The first kappa shape index (κ1) is 20.1. The van der Waals surface area contributed by atoms with Gasteiger partial charge in [-0.3, -0.25) is 14.5 Å². The van der Waals surface area contributed by atoms with Crippen molar-refractivity contribution in [3.63, 3.8) is 0 Å². The second kappa shape index (κ2) is 9.47. The predicted molar refractivity (Wildman–Crippen MR) is 101 cm³/mol. The van der Waals surface area contributed by atoms with E-state index in [-0.39, 0.29) is 11.8 Å². The van der Waals surface area contributed by atoms with Gasteiger partial charge in [0.1, 0.15) is 11.6 Å². The van der Waals surface area contributed by atoms with Crippen LogP contribution in [0.2, 0.25) is 0 Å². The largest absolute Gasteiger partial charge is 0.355 e. The summed E-state index contributed by atoms with van der Waals surface area (Å²) in [7, 11) is 0. The standard InChI is InChI=1S/C18H30N6O2/c1-13(2)18-21-14(3)11-16(22-18)24-9-7-23(8-10-24)12-17(26)20-6-5-19-15(4)25/h11,13H,5-10,12H2,1-4H3,(H,19,25)(H,20,26). The molecule has 1 saturated heterocycles. The number of rotatable bonds is 7. The van der Waals surface area contributed by atoms with Crippen molar-refractivity contribution in [2.24, 2.45) is 0 Å². The highest BCUT2D eigenvalue weighted by molar-refractivity contribution is 5.78. The lowest BCUT2D eigenvalue weighted by Gasteiger charge is -2.35. The van der Waals surface area contributed by atoms with Gasteiger partial charge < -0.3 is 15.5 Å². The fourth-order valence-corrected chi connectivity index (χ4v) is 2.83. The maximum absolute atomic E-state index is 12.0. The Kier molecular flexibility index (Phi) is 7.32. The van der Waals surface area contributed by atoms with E-state index < -0.39 is 0 Å². The highest BCUT2D eigenvalue weighted by Gasteiger charge is 2.20. The quantitative estimate of drug-likeness (QED) is 0.677. The summed E-state index contributed by atoms with van der Waals surface area (Å²) in [5, 5.41) is 5.49. The zero-order valence-electron chi connectivity index (χ0n) is 16.2. The number of amides is 2. The molecular formula is C18H30N6O2. The van der Waals surface area contributed by atoms with Gasteiger partial charge in [-0.15, -0.1) is 0 Å². The monoisotopic (exact) mass is 362 g/mol. The summed E-state index contributed by atoms with van der Waals surface area (Å²) in [6.07, 6.45) is 0. The van der Waals surface area contributed by atoms with Gasteiger partial charge in [0.15, 0.2) is 0 Å². The van der Waals surface area contributed by atoms with Crippen LogP contribution < -0.4 is 15.5 Å². The van der Waals surface area contributed by atoms with Crippen LogP contribution in [0, 0.1) is 6.92 Å². The Morgan fingerprint density at radius 1 is 1.12 bits per heavy atom. The van der Waals surface area contributed by atoms with E-state index in [9.17, 15) is 9.59 Å². The summed E-state index contributed by atoms with van der Waals surface area (Å²) in [5.74, 6) is 2.05. The van der Waals surface area contributed by atoms with Crippen LogP contribution in [0.25, 0.3) is 0 Å². The molecule has 0 spiro atoms. The average molecular weight is 362 g/mol. The van der Waals surface area contributed by atoms with Crippen molar-refractivity contribution in [2.45, 2.75) is 33.6 Å². The summed E-state index contributed by atoms with van der Waals surface area (Å²) in [5.41, 5.74) is 0.986. The van der Waals surface area contributed by atoms with Crippen LogP contribution in [-0.2, 0) is 9.59 Å². The van der Waals surface area contributed by atoms with E-state index in [0.717, 1.165) is 43.5 Å². The lowest BCUT2D eigenvalue weighted by atomic mass is 10.2. The Morgan fingerprint density at radius 2 is 1.77 bits per heavy atom. The van der Waals surface area contributed by atoms with Gasteiger partial charge in [-0.25, -0.2) is 9.97 Å². The van der Waals surface area contributed by atoms with E-state index in [1.54, 1.807) is 0 Å². The Morgan fingerprint density at radius 3 is 2.38 bits per heavy atom. The number of carbonyl (C=O) groups excluding carboxylic acids is 2. The Bertz CT molecular complexity index is 626. The van der Waals surface area contributed by atoms with E-state index in [0.29, 0.717) is 25.6 Å². The van der Waals surface area contributed by atoms with Gasteiger partial charge in [0.25, 0.3) is 0 Å². The van der Waals surface area contributed by atoms with Gasteiger partial charge in [-0.05, 0) is 6.92 Å². The lowest BCUT2D eigenvalue weighted by molar-refractivity contribution is -0.123. The van der Waals surface area contributed by atoms with E-state index in [1.165, 1.54) is 6.92 Å². The first-order chi connectivity index (χ1) is 12.3. The SMILES string of the molecule is CC(=O)NCCNC(=O)CN1CCN(c2cc(C)nc(C(C)C)n2)CC1. The van der Waals surface area contributed by atoms with E-state index >= 15 is 0 Å². The summed E-state index contributed by atoms with van der Waals surface area (Å²) >= 11 is 0. The summed E-state index contributed by atoms with van der Waals surface area (Å²) in [4.78, 5) is 36.3. The molecular weight excluding hydrogens is 332 g/mol. The van der Waals surface area contributed by atoms with Crippen molar-refractivity contribution in [3.05, 3.63) is 17.6 Å². The van der Waals surface area contributed by atoms with Crippen molar-refractivity contribution in [3.8, 4) is 0 Å². The van der Waals surface area contributed by atoms with Crippen LogP contribution in [0.15, 0.2) is 6.07 Å². The molecule has 2 heterocycles. The first-order valence-electron chi connectivity index (χ1n) is 9.19. The Labute approximate surface area is 155 Å². The van der Waals surface area contributed by atoms with Crippen molar-refractivity contribution < 1.29 is 9.59 Å². The van der Waals surface area contributed by atoms with Gasteiger partial charge in [0.2, 0.25) is 11.8 Å². The summed E-state index contributed by atoms with van der Waals surface area (Å²) in [6, 6.07) is 2.02. The molecule has 1 aromatic rings. The zero-order valence-corrected chi connectivity index (χ0v) is 16.2. The maximum Gasteiger partial charge on any atom is 0.234 e. The fraction of sp³-hybridized carbons (Fsp3) is 0.667. The molecule has 1 fully saturated rings. The topological polar surface area (TPSA) is 90.5 Å². The average Bonchev–Trinajstić information content (AvgIpc) is 2.58. The molecule has 0 bridgehead atoms. The van der Waals surface area contributed by atoms with E-state index in [4.69, 9.17) is 0 Å². The molecule has 1 aliphatic heterocycles. The number of hydrogen-bond acceptors (Lipinski definition) is 6. The smallest absolute Gasteiger partial charge is 0.234 e. The minimum atomic E-state index is -0.0871.